The summed E-state index contributed by atoms with van der Waals surface area (Å²) in [5, 5.41) is 15.4. The monoisotopic (exact) mass is 692 g/mol. The van der Waals surface area contributed by atoms with Crippen molar-refractivity contribution in [1.82, 2.24) is 0 Å². The third-order valence-electron chi connectivity index (χ3n) is 15.5. The molecule has 0 unspecified atom stereocenters. The summed E-state index contributed by atoms with van der Waals surface area (Å²) in [6.45, 7) is 0.969. The van der Waals surface area contributed by atoms with Gasteiger partial charge in [0.2, 0.25) is 0 Å². The van der Waals surface area contributed by atoms with Gasteiger partial charge in [0, 0.05) is 12.8 Å². The molecule has 0 atom stereocenters. The molecule has 0 aliphatic heterocycles. The molecule has 7 nitrogen and oxygen atoms in total. The van der Waals surface area contributed by atoms with Crippen molar-refractivity contribution in [2.75, 3.05) is 6.54 Å². The van der Waals surface area contributed by atoms with Crippen LogP contribution in [0, 0.1) is 82.3 Å². The van der Waals surface area contributed by atoms with E-state index < -0.39 is 18.4 Å². The molecule has 0 aromatic carbocycles. The third kappa shape index (κ3) is 8.87. The highest BCUT2D eigenvalue weighted by molar-refractivity contribution is 5.99. The number of nitrogens with two attached hydrogens (primary N) is 1. The van der Waals surface area contributed by atoms with Gasteiger partial charge in [-0.05, 0) is 204 Å². The lowest BCUT2D eigenvalue weighted by molar-refractivity contribution is -0.147. The fourth-order valence-corrected chi connectivity index (χ4v) is 15.1. The number of Topliss-reactive ketones (excluding diaryl/α,β-unsaturated/α-hetero) is 2. The van der Waals surface area contributed by atoms with Gasteiger partial charge in [0.25, 0.3) is 0 Å². The van der Waals surface area contributed by atoms with Crippen molar-refractivity contribution in [3.8, 4) is 12.8 Å². The first-order chi connectivity index (χ1) is 24.3. The van der Waals surface area contributed by atoms with Crippen LogP contribution in [-0.4, -0.2) is 40.3 Å². The van der Waals surface area contributed by atoms with Crippen LogP contribution in [-0.2, 0) is 19.2 Å². The standard InChI is InChI=1S/C27H40O2.C11H19N.C3H4O4.C2H2/c28-24(1-3-26-12-18-5-19(13-26)7-20(6-18)14-26)11-25(29)2-4-27-15-21-8-22(16-27)10-23(9-21)17-27;12-7-11-4-8-1-9(5-11)3-10(2-8)6-11;4-2(5)1-3(6)7;1-2/h18-23H,1-17H2;8-10H,1-7,12H2;1H2,(H,4,5)(H,6,7);1-2H/i;;;1D. The molecule has 278 valence electrons. The fraction of sp³-hybridized carbons (Fsp3) is 0.860. The maximum absolute atomic E-state index is 12.6. The van der Waals surface area contributed by atoms with Gasteiger partial charge >= 0.3 is 11.9 Å². The molecule has 0 aromatic rings. The smallest absolute Gasteiger partial charge is 0.314 e. The van der Waals surface area contributed by atoms with Crippen LogP contribution >= 0.6 is 0 Å². The molecule has 0 heterocycles. The summed E-state index contributed by atoms with van der Waals surface area (Å²) in [7, 11) is 0. The average Bonchev–Trinajstić information content (AvgIpc) is 3.02. The predicted octanol–water partition coefficient (Wildman–Crippen LogP) is 8.46. The zero-order chi connectivity index (χ0) is 36.4. The van der Waals surface area contributed by atoms with E-state index in [1.807, 2.05) is 0 Å². The summed E-state index contributed by atoms with van der Waals surface area (Å²) < 4.78 is 5.74. The highest BCUT2D eigenvalue weighted by Gasteiger charge is 2.52. The van der Waals surface area contributed by atoms with Crippen molar-refractivity contribution >= 4 is 23.5 Å². The van der Waals surface area contributed by atoms with E-state index in [0.717, 1.165) is 72.6 Å². The van der Waals surface area contributed by atoms with Gasteiger partial charge in [0.05, 0.1) is 6.42 Å². The second-order valence-corrected chi connectivity index (χ2v) is 19.7. The summed E-state index contributed by atoms with van der Waals surface area (Å²) in [4.78, 5) is 44.2. The fourth-order valence-electron chi connectivity index (χ4n) is 15.1. The Morgan fingerprint density at radius 3 is 0.960 bits per heavy atom. The van der Waals surface area contributed by atoms with E-state index in [1.165, 1.54) is 122 Å². The van der Waals surface area contributed by atoms with Crippen LogP contribution in [0.5, 0.6) is 0 Å². The summed E-state index contributed by atoms with van der Waals surface area (Å²) >= 11 is 0. The Bertz CT molecular complexity index is 1160. The number of rotatable bonds is 11. The number of hydrogen-bond donors (Lipinski definition) is 3. The largest absolute Gasteiger partial charge is 0.481 e. The van der Waals surface area contributed by atoms with Crippen molar-refractivity contribution in [2.45, 2.75) is 154 Å². The van der Waals surface area contributed by atoms with Crippen LogP contribution in [0.1, 0.15) is 155 Å². The van der Waals surface area contributed by atoms with Gasteiger partial charge in [-0.2, -0.15) is 0 Å². The molecule has 4 N–H and O–H groups in total. The van der Waals surface area contributed by atoms with E-state index >= 15 is 0 Å². The maximum Gasteiger partial charge on any atom is 0.314 e. The molecule has 0 aromatic heterocycles. The Morgan fingerprint density at radius 1 is 0.520 bits per heavy atom. The van der Waals surface area contributed by atoms with Crippen LogP contribution in [0.3, 0.4) is 0 Å². The average molecular weight is 693 g/mol. The summed E-state index contributed by atoms with van der Waals surface area (Å²) in [5.41, 5.74) is 7.51. The van der Waals surface area contributed by atoms with Gasteiger partial charge in [0.15, 0.2) is 0 Å². The van der Waals surface area contributed by atoms with Crippen molar-refractivity contribution in [1.29, 1.82) is 0 Å². The van der Waals surface area contributed by atoms with Gasteiger partial charge in [0.1, 0.15) is 19.4 Å². The Morgan fingerprint density at radius 2 is 0.760 bits per heavy atom. The lowest BCUT2D eigenvalue weighted by Gasteiger charge is -2.57. The molecule has 7 heteroatoms. The molecular weight excluding hydrogens is 626 g/mol. The van der Waals surface area contributed by atoms with E-state index in [2.05, 4.69) is 6.42 Å². The second kappa shape index (κ2) is 15.4. The van der Waals surface area contributed by atoms with Gasteiger partial charge in [-0.1, -0.05) is 0 Å². The Hall–Kier alpha value is -2.20. The predicted molar refractivity (Wildman–Crippen MR) is 194 cm³/mol. The van der Waals surface area contributed by atoms with Gasteiger partial charge in [-0.3, -0.25) is 19.2 Å². The first-order valence-corrected chi connectivity index (χ1v) is 20.3. The van der Waals surface area contributed by atoms with E-state index in [-0.39, 0.29) is 18.0 Å². The van der Waals surface area contributed by atoms with Gasteiger partial charge in [-0.25, -0.2) is 0 Å². The lowest BCUT2D eigenvalue weighted by atomic mass is 9.48. The van der Waals surface area contributed by atoms with Crippen molar-refractivity contribution in [2.24, 2.45) is 75.2 Å². The quantitative estimate of drug-likeness (QED) is 0.146. The first-order valence-electron chi connectivity index (χ1n) is 20.8. The zero-order valence-electron chi connectivity index (χ0n) is 31.6. The van der Waals surface area contributed by atoms with E-state index in [1.54, 1.807) is 0 Å². The van der Waals surface area contributed by atoms with E-state index in [9.17, 15) is 19.2 Å². The Labute approximate surface area is 302 Å². The Kier molecular flexibility index (Phi) is 11.2. The minimum Gasteiger partial charge on any atom is -0.481 e. The highest BCUT2D eigenvalue weighted by Crippen LogP contribution is 2.63. The molecule has 12 bridgehead atoms. The van der Waals surface area contributed by atoms with Crippen LogP contribution in [0.25, 0.3) is 0 Å². The molecule has 12 saturated carbocycles. The summed E-state index contributed by atoms with van der Waals surface area (Å²) in [5.74, 6) is 6.82. The number of terminal acetylenes is 1. The first kappa shape index (κ1) is 36.2. The third-order valence-corrected chi connectivity index (χ3v) is 15.5. The van der Waals surface area contributed by atoms with Gasteiger partial charge in [-0.15, -0.1) is 12.8 Å². The molecule has 12 fully saturated rings. The molecule has 12 rings (SSSR count). The van der Waals surface area contributed by atoms with Crippen LogP contribution in [0.2, 0.25) is 0 Å². The molecule has 0 spiro atoms. The Balaban J connectivity index is 0.000000167. The lowest BCUT2D eigenvalue weighted by Crippen LogP contribution is -2.49. The molecule has 12 aliphatic carbocycles. The zero-order valence-corrected chi connectivity index (χ0v) is 30.6. The molecule has 50 heavy (non-hydrogen) atoms. The van der Waals surface area contributed by atoms with Crippen LogP contribution < -0.4 is 5.73 Å². The van der Waals surface area contributed by atoms with Crippen molar-refractivity contribution in [3.63, 3.8) is 0 Å². The number of aliphatic carboxylic acids is 2. The van der Waals surface area contributed by atoms with E-state index in [0.29, 0.717) is 29.1 Å². The summed E-state index contributed by atoms with van der Waals surface area (Å²) in [6, 6.07) is 0. The number of ketones is 2. The number of hydrogen-bond acceptors (Lipinski definition) is 5. The summed E-state index contributed by atoms with van der Waals surface area (Å²) in [6.07, 6.45) is 34.8. The SMILES string of the molecule is NCC12CC3CC(CC(C3)C1)C2.O=C(CCC12CC3CC(CC(C3)C1)C2)CC(=O)CCC12CC3CC(CC(C3)C1)C2.O=C(O)CC(=O)O.[2H]C#C. The topological polar surface area (TPSA) is 135 Å². The molecule has 0 radical (unpaired) electrons. The van der Waals surface area contributed by atoms with E-state index in [4.69, 9.17) is 17.3 Å². The molecule has 0 saturated heterocycles. The number of carboxylic acid groups (broad SMARTS) is 2. The molecule has 0 amide bonds. The van der Waals surface area contributed by atoms with Crippen molar-refractivity contribution < 1.29 is 30.8 Å². The normalized spacial score (nSPS) is 43.2. The number of carbonyl (C=O) groups is 4. The minimum absolute atomic E-state index is 0.235. The van der Waals surface area contributed by atoms with Crippen molar-refractivity contribution in [3.05, 3.63) is 0 Å². The number of carboxylic acids is 2. The maximum atomic E-state index is 12.6. The number of carbonyl (C=O) groups excluding carboxylic acids is 2. The highest BCUT2D eigenvalue weighted by atomic mass is 16.4. The van der Waals surface area contributed by atoms with Crippen LogP contribution in [0.15, 0.2) is 0 Å². The minimum atomic E-state index is -1.31. The molecular formula is C43H65NO6. The van der Waals surface area contributed by atoms with Crippen LogP contribution in [0.4, 0.5) is 0 Å². The molecule has 12 aliphatic rings. The second-order valence-electron chi connectivity index (χ2n) is 19.7. The van der Waals surface area contributed by atoms with Gasteiger partial charge < -0.3 is 15.9 Å².